The molecule has 1 amide bonds. The van der Waals surface area contributed by atoms with Crippen LogP contribution in [0.1, 0.15) is 38.5 Å². The Morgan fingerprint density at radius 3 is 2.53 bits per heavy atom. The Morgan fingerprint density at radius 1 is 1.47 bits per heavy atom. The highest BCUT2D eigenvalue weighted by atomic mass is 16.4. The Bertz CT molecular complexity index is 308. The fraction of sp³-hybridized carbons (Fsp3) is 0.692. The van der Waals surface area contributed by atoms with Gasteiger partial charge >= 0.3 is 5.97 Å². The van der Waals surface area contributed by atoms with Gasteiger partial charge in [-0.05, 0) is 25.7 Å². The highest BCUT2D eigenvalue weighted by Gasteiger charge is 2.46. The van der Waals surface area contributed by atoms with Crippen molar-refractivity contribution < 1.29 is 14.7 Å². The molecule has 17 heavy (non-hydrogen) atoms. The fourth-order valence-electron chi connectivity index (χ4n) is 2.09. The van der Waals surface area contributed by atoms with E-state index in [0.29, 0.717) is 19.4 Å². The number of hydrogen-bond donors (Lipinski definition) is 1. The van der Waals surface area contributed by atoms with Gasteiger partial charge in [0.15, 0.2) is 0 Å². The maximum atomic E-state index is 11.9. The minimum absolute atomic E-state index is 0.0591. The van der Waals surface area contributed by atoms with Gasteiger partial charge in [0.1, 0.15) is 0 Å². The smallest absolute Gasteiger partial charge is 0.310 e. The molecular weight excluding hydrogens is 218 g/mol. The number of carbonyl (C=O) groups excluding carboxylic acids is 1. The average Bonchev–Trinajstić information content (AvgIpc) is 2.22. The lowest BCUT2D eigenvalue weighted by molar-refractivity contribution is -0.159. The Kier molecular flexibility index (Phi) is 4.73. The van der Waals surface area contributed by atoms with E-state index in [-0.39, 0.29) is 12.3 Å². The van der Waals surface area contributed by atoms with E-state index in [0.717, 1.165) is 19.3 Å². The molecule has 0 aliphatic heterocycles. The molecule has 0 bridgehead atoms. The summed E-state index contributed by atoms with van der Waals surface area (Å²) in [6, 6.07) is 0. The van der Waals surface area contributed by atoms with E-state index in [2.05, 4.69) is 6.58 Å². The summed E-state index contributed by atoms with van der Waals surface area (Å²) in [6.07, 6.45) is 5.91. The Hall–Kier alpha value is -1.32. The van der Waals surface area contributed by atoms with Crippen LogP contribution in [0.15, 0.2) is 12.7 Å². The second kappa shape index (κ2) is 5.84. The van der Waals surface area contributed by atoms with Gasteiger partial charge in [0.2, 0.25) is 5.91 Å². The SMILES string of the molecule is C=CCCCN(C)C(=O)CC1(C(=O)O)CCC1. The van der Waals surface area contributed by atoms with Gasteiger partial charge in [-0.25, -0.2) is 0 Å². The summed E-state index contributed by atoms with van der Waals surface area (Å²) in [5.41, 5.74) is -0.774. The number of carbonyl (C=O) groups is 2. The van der Waals surface area contributed by atoms with Crippen LogP contribution in [0.4, 0.5) is 0 Å². The van der Waals surface area contributed by atoms with Crippen LogP contribution >= 0.6 is 0 Å². The van der Waals surface area contributed by atoms with Crippen LogP contribution < -0.4 is 0 Å². The predicted molar refractivity (Wildman–Crippen MR) is 65.6 cm³/mol. The molecule has 1 fully saturated rings. The van der Waals surface area contributed by atoms with Gasteiger partial charge in [0, 0.05) is 20.0 Å². The van der Waals surface area contributed by atoms with E-state index in [1.54, 1.807) is 11.9 Å². The molecule has 1 N–H and O–H groups in total. The lowest BCUT2D eigenvalue weighted by Crippen LogP contribution is -2.43. The quantitative estimate of drug-likeness (QED) is 0.546. The van der Waals surface area contributed by atoms with Gasteiger partial charge < -0.3 is 10.0 Å². The molecule has 4 heteroatoms. The van der Waals surface area contributed by atoms with Crippen molar-refractivity contribution in [2.24, 2.45) is 5.41 Å². The van der Waals surface area contributed by atoms with E-state index in [4.69, 9.17) is 5.11 Å². The van der Waals surface area contributed by atoms with Gasteiger partial charge in [0.25, 0.3) is 0 Å². The summed E-state index contributed by atoms with van der Waals surface area (Å²) in [5.74, 6) is -0.882. The molecule has 0 spiro atoms. The second-order valence-corrected chi connectivity index (χ2v) is 4.86. The monoisotopic (exact) mass is 239 g/mol. The summed E-state index contributed by atoms with van der Waals surface area (Å²) in [5, 5.41) is 9.14. The molecule has 96 valence electrons. The topological polar surface area (TPSA) is 57.6 Å². The third-order valence-corrected chi connectivity index (χ3v) is 3.58. The zero-order valence-electron chi connectivity index (χ0n) is 10.4. The molecule has 0 radical (unpaired) electrons. The molecule has 1 saturated carbocycles. The van der Waals surface area contributed by atoms with Crippen LogP contribution in [0.3, 0.4) is 0 Å². The summed E-state index contributed by atoms with van der Waals surface area (Å²) in [6.45, 7) is 4.29. The van der Waals surface area contributed by atoms with Crippen molar-refractivity contribution in [3.63, 3.8) is 0 Å². The zero-order valence-corrected chi connectivity index (χ0v) is 10.4. The Labute approximate surface area is 102 Å². The largest absolute Gasteiger partial charge is 0.481 e. The summed E-state index contributed by atoms with van der Waals surface area (Å²) in [7, 11) is 1.74. The number of nitrogens with zero attached hydrogens (tertiary/aromatic N) is 1. The molecule has 1 aliphatic carbocycles. The summed E-state index contributed by atoms with van der Waals surface area (Å²) in [4.78, 5) is 24.7. The van der Waals surface area contributed by atoms with Crippen LogP contribution in [0.2, 0.25) is 0 Å². The number of carboxylic acids is 1. The van der Waals surface area contributed by atoms with Crippen molar-refractivity contribution in [2.45, 2.75) is 38.5 Å². The number of allylic oxidation sites excluding steroid dienone is 1. The average molecular weight is 239 g/mol. The minimum Gasteiger partial charge on any atom is -0.481 e. The van der Waals surface area contributed by atoms with Crippen LogP contribution in [-0.2, 0) is 9.59 Å². The Balaban J connectivity index is 2.42. The van der Waals surface area contributed by atoms with Crippen molar-refractivity contribution in [2.75, 3.05) is 13.6 Å². The third-order valence-electron chi connectivity index (χ3n) is 3.58. The lowest BCUT2D eigenvalue weighted by Gasteiger charge is -2.38. The van der Waals surface area contributed by atoms with Gasteiger partial charge in [-0.15, -0.1) is 6.58 Å². The fourth-order valence-corrected chi connectivity index (χ4v) is 2.09. The van der Waals surface area contributed by atoms with Gasteiger partial charge in [0.05, 0.1) is 5.41 Å². The molecule has 0 unspecified atom stereocenters. The van der Waals surface area contributed by atoms with Crippen molar-refractivity contribution in [3.8, 4) is 0 Å². The summed E-state index contributed by atoms with van der Waals surface area (Å²) < 4.78 is 0. The standard InChI is InChI=1S/C13H21NO3/c1-3-4-5-9-14(2)11(15)10-13(12(16)17)7-6-8-13/h3H,1,4-10H2,2H3,(H,16,17). The maximum Gasteiger partial charge on any atom is 0.310 e. The van der Waals surface area contributed by atoms with Crippen LogP contribution in [0.25, 0.3) is 0 Å². The zero-order chi connectivity index (χ0) is 12.9. The van der Waals surface area contributed by atoms with E-state index >= 15 is 0 Å². The first-order valence-electron chi connectivity index (χ1n) is 6.10. The molecule has 0 heterocycles. The number of hydrogen-bond acceptors (Lipinski definition) is 2. The molecule has 1 rings (SSSR count). The molecule has 0 aromatic heterocycles. The Morgan fingerprint density at radius 2 is 2.12 bits per heavy atom. The predicted octanol–water partition coefficient (Wildman–Crippen LogP) is 2.06. The van der Waals surface area contributed by atoms with Crippen molar-refractivity contribution >= 4 is 11.9 Å². The van der Waals surface area contributed by atoms with E-state index < -0.39 is 11.4 Å². The van der Waals surface area contributed by atoms with Crippen molar-refractivity contribution in [3.05, 3.63) is 12.7 Å². The molecular formula is C13H21NO3. The van der Waals surface area contributed by atoms with Crippen LogP contribution in [0, 0.1) is 5.41 Å². The lowest BCUT2D eigenvalue weighted by atomic mass is 9.66. The molecule has 0 atom stereocenters. The molecule has 4 nitrogen and oxygen atoms in total. The first-order chi connectivity index (χ1) is 8.02. The number of rotatable bonds is 7. The van der Waals surface area contributed by atoms with Crippen LogP contribution in [-0.4, -0.2) is 35.5 Å². The molecule has 0 aromatic carbocycles. The number of carboxylic acid groups (broad SMARTS) is 1. The van der Waals surface area contributed by atoms with E-state index in [1.165, 1.54) is 0 Å². The van der Waals surface area contributed by atoms with Crippen molar-refractivity contribution in [1.82, 2.24) is 4.90 Å². The first kappa shape index (κ1) is 13.7. The highest BCUT2D eigenvalue weighted by molar-refractivity contribution is 5.85. The number of unbranched alkanes of at least 4 members (excludes halogenated alkanes) is 1. The molecule has 0 saturated heterocycles. The van der Waals surface area contributed by atoms with Crippen LogP contribution in [0.5, 0.6) is 0 Å². The normalized spacial score (nSPS) is 17.0. The molecule has 1 aliphatic rings. The van der Waals surface area contributed by atoms with Gasteiger partial charge in [-0.2, -0.15) is 0 Å². The number of aliphatic carboxylic acids is 1. The van der Waals surface area contributed by atoms with Gasteiger partial charge in [-0.3, -0.25) is 9.59 Å². The number of amides is 1. The minimum atomic E-state index is -0.823. The second-order valence-electron chi connectivity index (χ2n) is 4.86. The van der Waals surface area contributed by atoms with E-state index in [1.807, 2.05) is 6.08 Å². The van der Waals surface area contributed by atoms with E-state index in [9.17, 15) is 9.59 Å². The molecule has 0 aromatic rings. The third kappa shape index (κ3) is 3.32. The maximum absolute atomic E-state index is 11.9. The van der Waals surface area contributed by atoms with Gasteiger partial charge in [-0.1, -0.05) is 12.5 Å². The van der Waals surface area contributed by atoms with Crippen molar-refractivity contribution in [1.29, 1.82) is 0 Å². The first-order valence-corrected chi connectivity index (χ1v) is 6.10. The highest BCUT2D eigenvalue weighted by Crippen LogP contribution is 2.44. The summed E-state index contributed by atoms with van der Waals surface area (Å²) >= 11 is 0.